The van der Waals surface area contributed by atoms with Crippen molar-refractivity contribution >= 4 is 0 Å². The summed E-state index contributed by atoms with van der Waals surface area (Å²) in [6.07, 6.45) is 9.76. The van der Waals surface area contributed by atoms with E-state index in [1.807, 2.05) is 12.1 Å². The van der Waals surface area contributed by atoms with Gasteiger partial charge >= 0.3 is 0 Å². The molecule has 2 aliphatic rings. The van der Waals surface area contributed by atoms with Crippen LogP contribution in [-0.2, 0) is 0 Å². The van der Waals surface area contributed by atoms with Crippen molar-refractivity contribution in [3.63, 3.8) is 0 Å². The van der Waals surface area contributed by atoms with Gasteiger partial charge < -0.3 is 0 Å². The summed E-state index contributed by atoms with van der Waals surface area (Å²) in [5, 5.41) is 51.7. The molecule has 0 bridgehead atoms. The van der Waals surface area contributed by atoms with Crippen molar-refractivity contribution in [1.82, 2.24) is 0 Å². The Morgan fingerprint density at radius 2 is 0.967 bits per heavy atom. The molecule has 2 fully saturated rings. The quantitative estimate of drug-likeness (QED) is 0.522. The smallest absolute Gasteiger partial charge is 0.167 e. The Morgan fingerprint density at radius 1 is 0.633 bits per heavy atom. The first-order valence-corrected chi connectivity index (χ1v) is 10.8. The second kappa shape index (κ2) is 13.4. The average molecular weight is 409 g/mol. The van der Waals surface area contributed by atoms with Gasteiger partial charge in [-0.2, -0.15) is 41.5 Å². The predicted octanol–water partition coefficient (Wildman–Crippen LogP) is 5.65. The third kappa shape index (κ3) is 8.67. The summed E-state index contributed by atoms with van der Waals surface area (Å²) < 4.78 is 0. The van der Waals surface area contributed by atoms with E-state index in [2.05, 4.69) is 32.6 Å². The van der Waals surface area contributed by atoms with Gasteiger partial charge in [-0.15, -0.1) is 0 Å². The summed E-state index contributed by atoms with van der Waals surface area (Å²) in [6, 6.07) is 8.75. The van der Waals surface area contributed by atoms with E-state index >= 15 is 0 Å². The Hall–Kier alpha value is -2.84. The van der Waals surface area contributed by atoms with Crippen LogP contribution in [0, 0.1) is 57.2 Å². The lowest BCUT2D eigenvalue weighted by Crippen LogP contribution is -2.31. The number of nitriles is 4. The zero-order valence-corrected chi connectivity index (χ0v) is 18.2. The maximum atomic E-state index is 9.34. The minimum absolute atomic E-state index is 0.0915. The van der Waals surface area contributed by atoms with Crippen molar-refractivity contribution in [1.29, 1.82) is 21.0 Å². The average Bonchev–Trinajstić information content (AvgIpc) is 2.81. The van der Waals surface area contributed by atoms with E-state index in [9.17, 15) is 10.5 Å². The molecular weight excluding hydrogens is 376 g/mol. The van der Waals surface area contributed by atoms with Gasteiger partial charge in [0.1, 0.15) is 0 Å². The third-order valence-electron chi connectivity index (χ3n) is 5.46. The van der Waals surface area contributed by atoms with Crippen molar-refractivity contribution in [3.8, 4) is 24.3 Å². The van der Waals surface area contributed by atoms with Crippen LogP contribution in [0.4, 0.5) is 0 Å². The van der Waals surface area contributed by atoms with E-state index in [0.717, 1.165) is 51.4 Å². The van der Waals surface area contributed by atoms with Crippen molar-refractivity contribution < 1.29 is 0 Å². The molecule has 160 valence electrons. The predicted molar refractivity (Wildman–Crippen MR) is 112 cm³/mol. The van der Waals surface area contributed by atoms with Gasteiger partial charge in [0.25, 0.3) is 0 Å². The molecule has 8 nitrogen and oxygen atoms in total. The van der Waals surface area contributed by atoms with Crippen LogP contribution >= 0.6 is 0 Å². The van der Waals surface area contributed by atoms with E-state index in [1.165, 1.54) is 12.8 Å². The van der Waals surface area contributed by atoms with E-state index in [0.29, 0.717) is 13.1 Å². The Morgan fingerprint density at radius 3 is 1.23 bits per heavy atom. The zero-order valence-electron chi connectivity index (χ0n) is 18.2. The molecule has 0 heterocycles. The first-order valence-electron chi connectivity index (χ1n) is 10.8. The van der Waals surface area contributed by atoms with E-state index in [1.54, 1.807) is 13.8 Å². The van der Waals surface area contributed by atoms with Gasteiger partial charge in [0.15, 0.2) is 11.1 Å². The van der Waals surface area contributed by atoms with E-state index in [4.69, 9.17) is 10.5 Å². The van der Waals surface area contributed by atoms with E-state index in [-0.39, 0.29) is 11.8 Å². The fourth-order valence-corrected chi connectivity index (χ4v) is 3.38. The number of hydrogen-bond donors (Lipinski definition) is 0. The largest absolute Gasteiger partial charge is 0.198 e. The van der Waals surface area contributed by atoms with Crippen LogP contribution in [0.1, 0.15) is 78.1 Å². The molecule has 2 saturated carbocycles. The van der Waals surface area contributed by atoms with Gasteiger partial charge in [-0.3, -0.25) is 0 Å². The van der Waals surface area contributed by atoms with Gasteiger partial charge in [-0.05, 0) is 65.2 Å². The fourth-order valence-electron chi connectivity index (χ4n) is 3.38. The second-order valence-electron chi connectivity index (χ2n) is 8.32. The minimum Gasteiger partial charge on any atom is -0.198 e. The summed E-state index contributed by atoms with van der Waals surface area (Å²) in [5.74, 6) is -0.183. The number of hydrogen-bond acceptors (Lipinski definition) is 8. The highest BCUT2D eigenvalue weighted by Gasteiger charge is 2.36. The number of rotatable bonds is 6. The molecule has 0 aromatic rings. The molecule has 0 aromatic carbocycles. The highest BCUT2D eigenvalue weighted by molar-refractivity contribution is 5.12. The molecule has 0 amide bonds. The summed E-state index contributed by atoms with van der Waals surface area (Å²) in [4.78, 5) is 0. The highest BCUT2D eigenvalue weighted by Crippen LogP contribution is 2.36. The van der Waals surface area contributed by atoms with Crippen molar-refractivity contribution in [2.75, 3.05) is 13.1 Å². The SMILES string of the molecule is CC(C#N)CN=NCC(C)C#N.N#CC1(N=NC2(C#N)CCCCC2)CCCCC1. The summed E-state index contributed by atoms with van der Waals surface area (Å²) in [6.45, 7) is 4.42. The van der Waals surface area contributed by atoms with Crippen molar-refractivity contribution in [3.05, 3.63) is 0 Å². The van der Waals surface area contributed by atoms with Crippen LogP contribution in [-0.4, -0.2) is 24.2 Å². The van der Waals surface area contributed by atoms with Crippen molar-refractivity contribution in [2.24, 2.45) is 32.3 Å². The van der Waals surface area contributed by atoms with Gasteiger partial charge in [0.05, 0.1) is 49.2 Å². The molecule has 2 rings (SSSR count). The third-order valence-corrected chi connectivity index (χ3v) is 5.46. The molecule has 0 aliphatic heterocycles. The molecule has 0 aromatic heterocycles. The summed E-state index contributed by atoms with van der Waals surface area (Å²) >= 11 is 0. The maximum absolute atomic E-state index is 9.34. The van der Waals surface area contributed by atoms with Gasteiger partial charge in [0, 0.05) is 0 Å². The minimum atomic E-state index is -0.639. The second-order valence-corrected chi connectivity index (χ2v) is 8.32. The molecule has 30 heavy (non-hydrogen) atoms. The monoisotopic (exact) mass is 408 g/mol. The molecule has 8 heteroatoms. The topological polar surface area (TPSA) is 145 Å². The molecule has 0 N–H and O–H groups in total. The molecule has 2 atom stereocenters. The Balaban J connectivity index is 0.000000329. The van der Waals surface area contributed by atoms with Gasteiger partial charge in [-0.25, -0.2) is 0 Å². The van der Waals surface area contributed by atoms with Crippen LogP contribution in [0.15, 0.2) is 20.5 Å². The molecule has 0 spiro atoms. The first kappa shape index (κ1) is 25.2. The molecule has 0 saturated heterocycles. The van der Waals surface area contributed by atoms with E-state index < -0.39 is 11.1 Å². The van der Waals surface area contributed by atoms with Crippen LogP contribution in [0.2, 0.25) is 0 Å². The van der Waals surface area contributed by atoms with Gasteiger partial charge in [0.2, 0.25) is 0 Å². The van der Waals surface area contributed by atoms with Crippen LogP contribution in [0.3, 0.4) is 0 Å². The Bertz CT molecular complexity index is 669. The zero-order chi connectivity index (χ0) is 22.3. The molecule has 0 radical (unpaired) electrons. The lowest BCUT2D eigenvalue weighted by atomic mass is 9.82. The maximum Gasteiger partial charge on any atom is 0.167 e. The highest BCUT2D eigenvalue weighted by atomic mass is 15.2. The number of nitrogens with zero attached hydrogens (tertiary/aromatic N) is 8. The standard InChI is InChI=1S/C14H20N4.C8H12N4/c15-11-13(7-3-1-4-8-13)17-18-14(12-16)9-5-2-6-10-14;1-7(3-9)5-11-12-6-8(2)4-10/h1-10H2;7-8H,5-6H2,1-2H3. The Kier molecular flexibility index (Phi) is 11.3. The lowest BCUT2D eigenvalue weighted by molar-refractivity contribution is 0.310. The van der Waals surface area contributed by atoms with Gasteiger partial charge in [-0.1, -0.05) is 12.8 Å². The summed E-state index contributed by atoms with van der Waals surface area (Å²) in [7, 11) is 0. The fraction of sp³-hybridized carbons (Fsp3) is 0.818. The normalized spacial score (nSPS) is 21.8. The Labute approximate surface area is 180 Å². The van der Waals surface area contributed by atoms with Crippen LogP contribution in [0.25, 0.3) is 0 Å². The lowest BCUT2D eigenvalue weighted by Gasteiger charge is -2.29. The van der Waals surface area contributed by atoms with Crippen LogP contribution < -0.4 is 0 Å². The number of azo groups is 2. The van der Waals surface area contributed by atoms with Crippen molar-refractivity contribution in [2.45, 2.75) is 89.1 Å². The molecular formula is C22H32N8. The molecule has 2 aliphatic carbocycles. The molecule has 2 unspecified atom stereocenters. The first-order chi connectivity index (χ1) is 14.4. The summed E-state index contributed by atoms with van der Waals surface area (Å²) in [5.41, 5.74) is -1.28. The van der Waals surface area contributed by atoms with Crippen LogP contribution in [0.5, 0.6) is 0 Å².